The second kappa shape index (κ2) is 9.16. The standard InChI is InChI=1S/C28H32N4O2/c1-18-14-19(2)29-26(15-18)21(4)31-33-16-28(12-13-28)17-34-32-25-11-7-9-23-20(3)22-8-5-6-10-24(22)30-27(23)25/h5-6,8,10,14-15H,7,9,11-13,16-17H2,1-4H3/b31-21+,32-25+. The quantitative estimate of drug-likeness (QED) is 0.331. The Kier molecular flexibility index (Phi) is 6.07. The van der Waals surface area contributed by atoms with Crippen LogP contribution in [0.4, 0.5) is 0 Å². The first-order valence-corrected chi connectivity index (χ1v) is 12.1. The van der Waals surface area contributed by atoms with Crippen LogP contribution in [0.3, 0.4) is 0 Å². The van der Waals surface area contributed by atoms with Crippen molar-refractivity contribution in [2.75, 3.05) is 13.2 Å². The van der Waals surface area contributed by atoms with Gasteiger partial charge in [0.1, 0.15) is 24.6 Å². The summed E-state index contributed by atoms with van der Waals surface area (Å²) in [6, 6.07) is 12.4. The zero-order chi connectivity index (χ0) is 23.7. The number of hydrogen-bond acceptors (Lipinski definition) is 6. The first-order chi connectivity index (χ1) is 16.4. The number of pyridine rings is 2. The van der Waals surface area contributed by atoms with Gasteiger partial charge in [-0.15, -0.1) is 0 Å². The van der Waals surface area contributed by atoms with E-state index >= 15 is 0 Å². The van der Waals surface area contributed by atoms with E-state index in [4.69, 9.17) is 14.7 Å². The fourth-order valence-electron chi connectivity index (χ4n) is 4.69. The van der Waals surface area contributed by atoms with Crippen molar-refractivity contribution in [3.05, 3.63) is 70.2 Å². The molecule has 0 spiro atoms. The average Bonchev–Trinajstić information content (AvgIpc) is 3.59. The van der Waals surface area contributed by atoms with Gasteiger partial charge in [0, 0.05) is 16.5 Å². The van der Waals surface area contributed by atoms with Crippen LogP contribution in [0.1, 0.15) is 66.4 Å². The summed E-state index contributed by atoms with van der Waals surface area (Å²) in [6.45, 7) is 9.25. The molecule has 0 saturated heterocycles. The van der Waals surface area contributed by atoms with Crippen LogP contribution in [0.5, 0.6) is 0 Å². The molecule has 1 aromatic carbocycles. The molecule has 176 valence electrons. The molecule has 0 N–H and O–H groups in total. The van der Waals surface area contributed by atoms with Crippen LogP contribution in [0.25, 0.3) is 10.9 Å². The number of rotatable bonds is 7. The van der Waals surface area contributed by atoms with Crippen molar-refractivity contribution in [1.29, 1.82) is 0 Å². The molecule has 1 fully saturated rings. The predicted octanol–water partition coefficient (Wildman–Crippen LogP) is 5.83. The fourth-order valence-corrected chi connectivity index (χ4v) is 4.69. The van der Waals surface area contributed by atoms with Crippen LogP contribution in [-0.2, 0) is 16.1 Å². The largest absolute Gasteiger partial charge is 0.395 e. The number of nitrogens with zero attached hydrogens (tertiary/aromatic N) is 4. The van der Waals surface area contributed by atoms with Crippen LogP contribution >= 0.6 is 0 Å². The van der Waals surface area contributed by atoms with Gasteiger partial charge < -0.3 is 9.68 Å². The summed E-state index contributed by atoms with van der Waals surface area (Å²) in [5.74, 6) is 0. The van der Waals surface area contributed by atoms with Crippen LogP contribution in [-0.4, -0.2) is 34.6 Å². The molecule has 0 radical (unpaired) electrons. The van der Waals surface area contributed by atoms with Gasteiger partial charge in [0.05, 0.1) is 16.9 Å². The molecule has 5 rings (SSSR count). The first-order valence-electron chi connectivity index (χ1n) is 12.1. The Labute approximate surface area is 201 Å². The van der Waals surface area contributed by atoms with E-state index in [1.165, 1.54) is 22.1 Å². The van der Waals surface area contributed by atoms with Gasteiger partial charge in [0.15, 0.2) is 0 Å². The molecule has 0 unspecified atom stereocenters. The molecule has 0 atom stereocenters. The Morgan fingerprint density at radius 2 is 1.79 bits per heavy atom. The summed E-state index contributed by atoms with van der Waals surface area (Å²) in [4.78, 5) is 21.1. The Morgan fingerprint density at radius 1 is 1.00 bits per heavy atom. The number of aryl methyl sites for hydroxylation is 3. The summed E-state index contributed by atoms with van der Waals surface area (Å²) in [5, 5.41) is 10.1. The molecule has 2 aromatic heterocycles. The van der Waals surface area contributed by atoms with Gasteiger partial charge in [-0.2, -0.15) is 0 Å². The number of fused-ring (bicyclic) bond motifs is 2. The van der Waals surface area contributed by atoms with E-state index in [0.717, 1.165) is 66.1 Å². The molecule has 6 heteroatoms. The summed E-state index contributed by atoms with van der Waals surface area (Å²) in [5.41, 5.74) is 9.40. The number of oxime groups is 2. The monoisotopic (exact) mass is 456 g/mol. The lowest BCUT2D eigenvalue weighted by atomic mass is 9.89. The van der Waals surface area contributed by atoms with Crippen LogP contribution in [0.2, 0.25) is 0 Å². The van der Waals surface area contributed by atoms with Crippen molar-refractivity contribution in [3.63, 3.8) is 0 Å². The van der Waals surface area contributed by atoms with Crippen LogP contribution in [0, 0.1) is 26.2 Å². The highest BCUT2D eigenvalue weighted by Crippen LogP contribution is 2.46. The lowest BCUT2D eigenvalue weighted by Crippen LogP contribution is -2.19. The first kappa shape index (κ1) is 22.5. The van der Waals surface area contributed by atoms with E-state index in [1.54, 1.807) is 0 Å². The molecule has 3 aromatic rings. The fraction of sp³-hybridized carbons (Fsp3) is 0.429. The molecule has 0 amide bonds. The van der Waals surface area contributed by atoms with Crippen molar-refractivity contribution >= 4 is 22.3 Å². The Hall–Kier alpha value is -3.28. The number of aromatic nitrogens is 2. The zero-order valence-electron chi connectivity index (χ0n) is 20.5. The number of para-hydroxylation sites is 1. The summed E-state index contributed by atoms with van der Waals surface area (Å²) in [7, 11) is 0. The molecule has 2 heterocycles. The third-order valence-electron chi connectivity index (χ3n) is 6.94. The molecular formula is C28H32N4O2. The predicted molar refractivity (Wildman–Crippen MR) is 135 cm³/mol. The molecule has 6 nitrogen and oxygen atoms in total. The van der Waals surface area contributed by atoms with E-state index in [-0.39, 0.29) is 5.41 Å². The summed E-state index contributed by atoms with van der Waals surface area (Å²) in [6.07, 6.45) is 5.14. The smallest absolute Gasteiger partial charge is 0.126 e. The van der Waals surface area contributed by atoms with Crippen molar-refractivity contribution in [2.45, 2.75) is 59.8 Å². The van der Waals surface area contributed by atoms with Crippen molar-refractivity contribution in [1.82, 2.24) is 9.97 Å². The molecule has 0 bridgehead atoms. The van der Waals surface area contributed by atoms with E-state index in [1.807, 2.05) is 26.0 Å². The van der Waals surface area contributed by atoms with E-state index in [2.05, 4.69) is 53.4 Å². The normalized spacial score (nSPS) is 18.1. The van der Waals surface area contributed by atoms with E-state index in [0.29, 0.717) is 13.2 Å². The maximum atomic E-state index is 5.89. The van der Waals surface area contributed by atoms with Gasteiger partial charge in [-0.05, 0) is 94.7 Å². The topological polar surface area (TPSA) is 69.0 Å². The minimum Gasteiger partial charge on any atom is -0.395 e. The van der Waals surface area contributed by atoms with Gasteiger partial charge >= 0.3 is 0 Å². The minimum absolute atomic E-state index is 0.00594. The van der Waals surface area contributed by atoms with Gasteiger partial charge in [-0.1, -0.05) is 28.5 Å². The Morgan fingerprint density at radius 3 is 2.59 bits per heavy atom. The highest BCUT2D eigenvalue weighted by atomic mass is 16.6. The molecule has 2 aliphatic rings. The highest BCUT2D eigenvalue weighted by molar-refractivity contribution is 6.03. The lowest BCUT2D eigenvalue weighted by Gasteiger charge is -2.20. The maximum absolute atomic E-state index is 5.89. The maximum Gasteiger partial charge on any atom is 0.126 e. The summed E-state index contributed by atoms with van der Waals surface area (Å²) >= 11 is 0. The van der Waals surface area contributed by atoms with Crippen LogP contribution in [0.15, 0.2) is 46.7 Å². The molecule has 0 aliphatic heterocycles. The molecule has 2 aliphatic carbocycles. The lowest BCUT2D eigenvalue weighted by molar-refractivity contribution is 0.0318. The van der Waals surface area contributed by atoms with Gasteiger partial charge in [0.2, 0.25) is 0 Å². The van der Waals surface area contributed by atoms with Crippen molar-refractivity contribution in [2.24, 2.45) is 15.7 Å². The second-order valence-corrected chi connectivity index (χ2v) is 9.87. The Bertz CT molecular complexity index is 1270. The highest BCUT2D eigenvalue weighted by Gasteiger charge is 2.45. The van der Waals surface area contributed by atoms with Crippen molar-refractivity contribution < 1.29 is 9.68 Å². The summed E-state index contributed by atoms with van der Waals surface area (Å²) < 4.78 is 0. The zero-order valence-corrected chi connectivity index (χ0v) is 20.5. The van der Waals surface area contributed by atoms with Crippen LogP contribution < -0.4 is 0 Å². The van der Waals surface area contributed by atoms with Gasteiger partial charge in [-0.25, -0.2) is 4.98 Å². The average molecular weight is 457 g/mol. The van der Waals surface area contributed by atoms with E-state index in [9.17, 15) is 0 Å². The third kappa shape index (κ3) is 4.67. The minimum atomic E-state index is -0.00594. The Balaban J connectivity index is 1.23. The SMILES string of the molecule is C/C(=N\OCC1(CO/N=C2\CCCc3c2nc2ccccc2c3C)CC1)c1cc(C)cc(C)n1. The number of hydrogen-bond donors (Lipinski definition) is 0. The van der Waals surface area contributed by atoms with Crippen molar-refractivity contribution in [3.8, 4) is 0 Å². The second-order valence-electron chi connectivity index (χ2n) is 9.87. The molecule has 1 saturated carbocycles. The van der Waals surface area contributed by atoms with Gasteiger partial charge in [0.25, 0.3) is 0 Å². The van der Waals surface area contributed by atoms with E-state index < -0.39 is 0 Å². The molecule has 34 heavy (non-hydrogen) atoms. The van der Waals surface area contributed by atoms with Gasteiger partial charge in [-0.3, -0.25) is 4.98 Å². The molecular weight excluding hydrogens is 424 g/mol. The number of benzene rings is 1. The third-order valence-corrected chi connectivity index (χ3v) is 6.94.